The lowest BCUT2D eigenvalue weighted by molar-refractivity contribution is -0.192. The van der Waals surface area contributed by atoms with Crippen LogP contribution < -0.4 is 5.32 Å². The van der Waals surface area contributed by atoms with E-state index >= 15 is 0 Å². The van der Waals surface area contributed by atoms with E-state index in [2.05, 4.69) is 34.5 Å². The summed E-state index contributed by atoms with van der Waals surface area (Å²) in [6.45, 7) is 6.73. The molecule has 1 aliphatic rings. The first-order valence-electron chi connectivity index (χ1n) is 10.9. The summed E-state index contributed by atoms with van der Waals surface area (Å²) in [6, 6.07) is 14.9. The molecule has 0 unspecified atom stereocenters. The van der Waals surface area contributed by atoms with Gasteiger partial charge in [-0.2, -0.15) is 13.2 Å². The van der Waals surface area contributed by atoms with Crippen LogP contribution in [-0.2, 0) is 16.1 Å². The quantitative estimate of drug-likeness (QED) is 0.427. The molecule has 2 aromatic carbocycles. The zero-order valence-electron chi connectivity index (χ0n) is 19.7. The number of amides is 1. The number of halogens is 3. The molecule has 0 radical (unpaired) electrons. The Kier molecular flexibility index (Phi) is 9.83. The molecule has 0 aliphatic carbocycles. The van der Waals surface area contributed by atoms with Crippen molar-refractivity contribution < 1.29 is 37.8 Å². The fourth-order valence-electron chi connectivity index (χ4n) is 3.17. The topological polar surface area (TPSA) is 123 Å². The number of carbonyl (C=O) groups excluding carboxylic acids is 1. The molecule has 36 heavy (non-hydrogen) atoms. The number of carboxylic acids is 2. The molecule has 3 rings (SSSR count). The Morgan fingerprint density at radius 2 is 1.53 bits per heavy atom. The van der Waals surface area contributed by atoms with E-state index < -0.39 is 18.1 Å². The van der Waals surface area contributed by atoms with E-state index in [1.807, 2.05) is 17.9 Å². The van der Waals surface area contributed by atoms with Gasteiger partial charge in [-0.1, -0.05) is 35.9 Å². The molecule has 0 bridgehead atoms. The van der Waals surface area contributed by atoms with E-state index in [1.165, 1.54) is 5.56 Å². The van der Waals surface area contributed by atoms with Gasteiger partial charge in [0.15, 0.2) is 5.96 Å². The summed E-state index contributed by atoms with van der Waals surface area (Å²) in [5.74, 6) is -2.98. The SMILES string of the molecule is CC(=O)N1CCN(C(=NCc2ccc(C)cc2)Nc2cccc(C(=O)O)c2)CC1.O=C(O)C(F)(F)F. The number of carbonyl (C=O) groups is 3. The number of hydrogen-bond acceptors (Lipinski definition) is 4. The number of aromatic carboxylic acids is 1. The molecule has 1 saturated heterocycles. The van der Waals surface area contributed by atoms with Crippen molar-refractivity contribution in [2.45, 2.75) is 26.6 Å². The third kappa shape index (κ3) is 8.93. The molecular formula is C24H27F3N4O5. The second-order valence-electron chi connectivity index (χ2n) is 7.93. The average molecular weight is 508 g/mol. The van der Waals surface area contributed by atoms with E-state index in [-0.39, 0.29) is 11.5 Å². The number of nitrogens with zero attached hydrogens (tertiary/aromatic N) is 3. The number of hydrogen-bond donors (Lipinski definition) is 3. The Morgan fingerprint density at radius 3 is 2.03 bits per heavy atom. The normalized spacial score (nSPS) is 14.0. The van der Waals surface area contributed by atoms with Crippen LogP contribution in [0.4, 0.5) is 18.9 Å². The highest BCUT2D eigenvalue weighted by molar-refractivity contribution is 5.96. The molecular weight excluding hydrogens is 481 g/mol. The maximum atomic E-state index is 11.6. The van der Waals surface area contributed by atoms with Gasteiger partial charge in [-0.15, -0.1) is 0 Å². The van der Waals surface area contributed by atoms with Gasteiger partial charge in [-0.3, -0.25) is 4.79 Å². The minimum atomic E-state index is -5.08. The largest absolute Gasteiger partial charge is 0.490 e. The van der Waals surface area contributed by atoms with Crippen LogP contribution in [0.2, 0.25) is 0 Å². The number of aliphatic imine (C=N–C) groups is 1. The third-order valence-corrected chi connectivity index (χ3v) is 5.16. The van der Waals surface area contributed by atoms with E-state index in [0.717, 1.165) is 5.56 Å². The minimum absolute atomic E-state index is 0.0740. The summed E-state index contributed by atoms with van der Waals surface area (Å²) in [4.78, 5) is 40.5. The number of aliphatic carboxylic acids is 1. The standard InChI is InChI=1S/C22H26N4O3.C2HF3O2/c1-16-6-8-18(9-7-16)15-23-22(26-12-10-25(11-13-26)17(2)27)24-20-5-3-4-19(14-20)21(28)29;3-2(4,5)1(6)7/h3-9,14H,10-13,15H2,1-2H3,(H,23,24)(H,28,29);(H,6,7). The Balaban J connectivity index is 0.000000572. The first-order valence-corrected chi connectivity index (χ1v) is 10.9. The van der Waals surface area contributed by atoms with Gasteiger partial charge in [0.05, 0.1) is 12.1 Å². The van der Waals surface area contributed by atoms with Crippen LogP contribution in [0.5, 0.6) is 0 Å². The van der Waals surface area contributed by atoms with Crippen LogP contribution in [0.25, 0.3) is 0 Å². The van der Waals surface area contributed by atoms with Crippen molar-refractivity contribution in [1.82, 2.24) is 9.80 Å². The van der Waals surface area contributed by atoms with Crippen LogP contribution in [0.15, 0.2) is 53.5 Å². The molecule has 1 fully saturated rings. The van der Waals surface area contributed by atoms with Crippen molar-refractivity contribution in [3.63, 3.8) is 0 Å². The second-order valence-corrected chi connectivity index (χ2v) is 7.93. The smallest absolute Gasteiger partial charge is 0.478 e. The van der Waals surface area contributed by atoms with Gasteiger partial charge in [0.25, 0.3) is 0 Å². The molecule has 9 nitrogen and oxygen atoms in total. The van der Waals surface area contributed by atoms with Gasteiger partial charge in [0.2, 0.25) is 5.91 Å². The lowest BCUT2D eigenvalue weighted by Crippen LogP contribution is -2.51. The summed E-state index contributed by atoms with van der Waals surface area (Å²) >= 11 is 0. The number of piperazine rings is 1. The van der Waals surface area contributed by atoms with Crippen molar-refractivity contribution in [2.24, 2.45) is 4.99 Å². The number of nitrogens with one attached hydrogen (secondary N) is 1. The zero-order chi connectivity index (χ0) is 26.9. The lowest BCUT2D eigenvalue weighted by Gasteiger charge is -2.36. The predicted molar refractivity (Wildman–Crippen MR) is 127 cm³/mol. The highest BCUT2D eigenvalue weighted by Crippen LogP contribution is 2.14. The molecule has 0 spiro atoms. The summed E-state index contributed by atoms with van der Waals surface area (Å²) in [5, 5.41) is 19.6. The Labute approximate surface area is 205 Å². The molecule has 0 atom stereocenters. The summed E-state index contributed by atoms with van der Waals surface area (Å²) < 4.78 is 31.7. The Bertz CT molecular complexity index is 1100. The van der Waals surface area contributed by atoms with Crippen LogP contribution in [0.1, 0.15) is 28.4 Å². The highest BCUT2D eigenvalue weighted by Gasteiger charge is 2.38. The number of guanidine groups is 1. The third-order valence-electron chi connectivity index (χ3n) is 5.16. The van der Waals surface area contributed by atoms with Crippen molar-refractivity contribution in [2.75, 3.05) is 31.5 Å². The van der Waals surface area contributed by atoms with Gasteiger partial charge >= 0.3 is 18.1 Å². The number of benzene rings is 2. The average Bonchev–Trinajstić information content (AvgIpc) is 2.83. The van der Waals surface area contributed by atoms with Gasteiger partial charge < -0.3 is 25.3 Å². The van der Waals surface area contributed by atoms with Crippen LogP contribution in [0, 0.1) is 6.92 Å². The molecule has 3 N–H and O–H groups in total. The van der Waals surface area contributed by atoms with Gasteiger partial charge in [-0.05, 0) is 30.7 Å². The molecule has 0 aromatic heterocycles. The Morgan fingerprint density at radius 1 is 0.972 bits per heavy atom. The maximum absolute atomic E-state index is 11.6. The zero-order valence-corrected chi connectivity index (χ0v) is 19.7. The van der Waals surface area contributed by atoms with Crippen molar-refractivity contribution in [1.29, 1.82) is 0 Å². The van der Waals surface area contributed by atoms with Crippen LogP contribution >= 0.6 is 0 Å². The van der Waals surface area contributed by atoms with Crippen LogP contribution in [0.3, 0.4) is 0 Å². The molecule has 2 aromatic rings. The molecule has 12 heteroatoms. The molecule has 1 heterocycles. The number of rotatable bonds is 4. The van der Waals surface area contributed by atoms with Gasteiger partial charge in [0.1, 0.15) is 0 Å². The minimum Gasteiger partial charge on any atom is -0.478 e. The van der Waals surface area contributed by atoms with Crippen molar-refractivity contribution in [3.8, 4) is 0 Å². The maximum Gasteiger partial charge on any atom is 0.490 e. The number of alkyl halides is 3. The monoisotopic (exact) mass is 508 g/mol. The summed E-state index contributed by atoms with van der Waals surface area (Å²) in [5.41, 5.74) is 3.18. The predicted octanol–water partition coefficient (Wildman–Crippen LogP) is 3.46. The summed E-state index contributed by atoms with van der Waals surface area (Å²) in [6.07, 6.45) is -5.08. The Hall–Kier alpha value is -4.09. The fourth-order valence-corrected chi connectivity index (χ4v) is 3.17. The summed E-state index contributed by atoms with van der Waals surface area (Å²) in [7, 11) is 0. The lowest BCUT2D eigenvalue weighted by atomic mass is 10.1. The van der Waals surface area contributed by atoms with Crippen LogP contribution in [-0.4, -0.2) is 76.2 Å². The first-order chi connectivity index (χ1) is 16.9. The number of anilines is 1. The molecule has 194 valence electrons. The highest BCUT2D eigenvalue weighted by atomic mass is 19.4. The fraction of sp³-hybridized carbons (Fsp3) is 0.333. The van der Waals surface area contributed by atoms with Gasteiger partial charge in [-0.25, -0.2) is 14.6 Å². The molecule has 1 amide bonds. The van der Waals surface area contributed by atoms with Gasteiger partial charge in [0, 0.05) is 38.8 Å². The van der Waals surface area contributed by atoms with E-state index in [4.69, 9.17) is 14.9 Å². The number of carboxylic acid groups (broad SMARTS) is 2. The number of aryl methyl sites for hydroxylation is 1. The molecule has 0 saturated carbocycles. The first kappa shape index (κ1) is 28.1. The van der Waals surface area contributed by atoms with E-state index in [9.17, 15) is 27.9 Å². The van der Waals surface area contributed by atoms with Crippen molar-refractivity contribution in [3.05, 3.63) is 65.2 Å². The van der Waals surface area contributed by atoms with E-state index in [1.54, 1.807) is 25.1 Å². The van der Waals surface area contributed by atoms with E-state index in [0.29, 0.717) is 44.4 Å². The second kappa shape index (κ2) is 12.6. The van der Waals surface area contributed by atoms with Crippen molar-refractivity contribution >= 4 is 29.5 Å². The molecule has 1 aliphatic heterocycles.